The van der Waals surface area contributed by atoms with Crippen LogP contribution >= 0.6 is 28.1 Å². The number of H-pyrrole nitrogens is 1. The Morgan fingerprint density at radius 1 is 1.47 bits per heavy atom. The monoisotopic (exact) mass is 337 g/mol. The smallest absolute Gasteiger partial charge is 0.184 e. The summed E-state index contributed by atoms with van der Waals surface area (Å²) in [6, 6.07) is 1.97. The summed E-state index contributed by atoms with van der Waals surface area (Å²) in [5.74, 6) is 0. The lowest BCUT2D eigenvalue weighted by atomic mass is 10.3. The Kier molecular flexibility index (Phi) is 3.02. The fourth-order valence-electron chi connectivity index (χ4n) is 2.15. The van der Waals surface area contributed by atoms with Gasteiger partial charge in [-0.2, -0.15) is 5.10 Å². The number of halogens is 1. The molecular formula is C12H12BrN5S. The van der Waals surface area contributed by atoms with Gasteiger partial charge in [-0.3, -0.25) is 9.25 Å². The molecule has 0 aliphatic carbocycles. The number of hydrogen-bond donors (Lipinski definition) is 1. The first-order chi connectivity index (χ1) is 9.10. The number of pyridine rings is 1. The van der Waals surface area contributed by atoms with E-state index in [4.69, 9.17) is 12.2 Å². The average molecular weight is 338 g/mol. The summed E-state index contributed by atoms with van der Waals surface area (Å²) in [4.78, 5) is 7.62. The van der Waals surface area contributed by atoms with Crippen molar-refractivity contribution in [1.29, 1.82) is 0 Å². The minimum atomic E-state index is 0.628. The van der Waals surface area contributed by atoms with Crippen LogP contribution < -0.4 is 0 Å². The number of rotatable bonds is 2. The Morgan fingerprint density at radius 3 is 3.00 bits per heavy atom. The van der Waals surface area contributed by atoms with Gasteiger partial charge in [0.2, 0.25) is 0 Å². The molecule has 0 radical (unpaired) electrons. The quantitative estimate of drug-likeness (QED) is 0.731. The summed E-state index contributed by atoms with van der Waals surface area (Å²) in [6.07, 6.45) is 4.58. The fraction of sp³-hybridized carbons (Fsp3) is 0.250. The van der Waals surface area contributed by atoms with E-state index < -0.39 is 0 Å². The number of aromatic nitrogens is 5. The highest BCUT2D eigenvalue weighted by atomic mass is 79.9. The van der Waals surface area contributed by atoms with Crippen LogP contribution in [0.25, 0.3) is 16.9 Å². The summed E-state index contributed by atoms with van der Waals surface area (Å²) < 4.78 is 5.28. The van der Waals surface area contributed by atoms with Gasteiger partial charge in [-0.05, 0) is 40.6 Å². The highest BCUT2D eigenvalue weighted by Gasteiger charge is 2.14. The van der Waals surface area contributed by atoms with E-state index in [1.54, 1.807) is 10.9 Å². The third-order valence-electron chi connectivity index (χ3n) is 2.95. The molecule has 5 nitrogen and oxygen atoms in total. The summed E-state index contributed by atoms with van der Waals surface area (Å²) in [7, 11) is 1.91. The van der Waals surface area contributed by atoms with Crippen LogP contribution in [-0.4, -0.2) is 24.3 Å². The van der Waals surface area contributed by atoms with Crippen molar-refractivity contribution in [2.75, 3.05) is 0 Å². The molecule has 0 bridgehead atoms. The van der Waals surface area contributed by atoms with Gasteiger partial charge in [0.25, 0.3) is 0 Å². The molecule has 0 saturated carbocycles. The van der Waals surface area contributed by atoms with Crippen molar-refractivity contribution < 1.29 is 0 Å². The largest absolute Gasteiger partial charge is 0.329 e. The van der Waals surface area contributed by atoms with E-state index in [0.717, 1.165) is 33.4 Å². The van der Waals surface area contributed by atoms with E-state index in [1.807, 2.05) is 23.9 Å². The molecule has 98 valence electrons. The summed E-state index contributed by atoms with van der Waals surface area (Å²) in [5.41, 5.74) is 3.71. The van der Waals surface area contributed by atoms with Crippen molar-refractivity contribution in [1.82, 2.24) is 24.3 Å². The third-order valence-corrected chi connectivity index (χ3v) is 3.67. The second kappa shape index (κ2) is 4.57. The van der Waals surface area contributed by atoms with Gasteiger partial charge in [0.1, 0.15) is 0 Å². The standard InChI is InChI=1S/C12H12BrN5S/c1-3-8-10(6-17(2)16-8)18-11-9(15-12(18)19)4-7(13)5-14-11/h4-6H,3H2,1-2H3,(H,15,19). The summed E-state index contributed by atoms with van der Waals surface area (Å²) in [6.45, 7) is 2.08. The maximum absolute atomic E-state index is 5.41. The van der Waals surface area contributed by atoms with Gasteiger partial charge in [-0.1, -0.05) is 6.92 Å². The van der Waals surface area contributed by atoms with Crippen molar-refractivity contribution in [3.05, 3.63) is 33.4 Å². The van der Waals surface area contributed by atoms with Crippen molar-refractivity contribution in [2.24, 2.45) is 7.05 Å². The van der Waals surface area contributed by atoms with Crippen LogP contribution in [0.1, 0.15) is 12.6 Å². The maximum Gasteiger partial charge on any atom is 0.184 e. The molecule has 19 heavy (non-hydrogen) atoms. The molecule has 3 rings (SSSR count). The SMILES string of the molecule is CCc1nn(C)cc1-n1c(=S)[nH]c2cc(Br)cnc21. The molecule has 3 aromatic rings. The third kappa shape index (κ3) is 2.02. The number of hydrogen-bond acceptors (Lipinski definition) is 3. The number of nitrogens with zero attached hydrogens (tertiary/aromatic N) is 4. The topological polar surface area (TPSA) is 51.4 Å². The lowest BCUT2D eigenvalue weighted by molar-refractivity contribution is 0.746. The molecule has 1 N–H and O–H groups in total. The molecule has 3 heterocycles. The molecule has 0 spiro atoms. The van der Waals surface area contributed by atoms with Crippen LogP contribution in [0.2, 0.25) is 0 Å². The number of nitrogens with one attached hydrogen (secondary N) is 1. The van der Waals surface area contributed by atoms with Crippen molar-refractivity contribution in [3.8, 4) is 5.69 Å². The van der Waals surface area contributed by atoms with Gasteiger partial charge in [0.05, 0.1) is 16.9 Å². The predicted molar refractivity (Wildman–Crippen MR) is 80.1 cm³/mol. The minimum absolute atomic E-state index is 0.628. The molecule has 7 heteroatoms. The van der Waals surface area contributed by atoms with Gasteiger partial charge in [0.15, 0.2) is 10.4 Å². The van der Waals surface area contributed by atoms with Crippen LogP contribution in [0.5, 0.6) is 0 Å². The number of fused-ring (bicyclic) bond motifs is 1. The Bertz CT molecular complexity index is 813. The van der Waals surface area contributed by atoms with E-state index >= 15 is 0 Å². The zero-order valence-corrected chi connectivity index (χ0v) is 12.9. The first-order valence-corrected chi connectivity index (χ1v) is 7.09. The van der Waals surface area contributed by atoms with Crippen LogP contribution in [0.3, 0.4) is 0 Å². The molecule has 0 amide bonds. The molecule has 0 fully saturated rings. The molecule has 0 aromatic carbocycles. The molecular weight excluding hydrogens is 326 g/mol. The minimum Gasteiger partial charge on any atom is -0.329 e. The average Bonchev–Trinajstić information content (AvgIpc) is 2.87. The highest BCUT2D eigenvalue weighted by Crippen LogP contribution is 2.22. The Morgan fingerprint density at radius 2 is 2.26 bits per heavy atom. The normalized spacial score (nSPS) is 11.3. The molecule has 0 atom stereocenters. The van der Waals surface area contributed by atoms with Crippen molar-refractivity contribution >= 4 is 39.3 Å². The van der Waals surface area contributed by atoms with Crippen LogP contribution in [0.15, 0.2) is 22.9 Å². The van der Waals surface area contributed by atoms with E-state index in [2.05, 4.69) is 37.9 Å². The van der Waals surface area contributed by atoms with Crippen LogP contribution in [-0.2, 0) is 13.5 Å². The Hall–Kier alpha value is -1.47. The number of aryl methyl sites for hydroxylation is 2. The Labute approximate surface area is 123 Å². The second-order valence-corrected chi connectivity index (χ2v) is 5.58. The van der Waals surface area contributed by atoms with Crippen LogP contribution in [0, 0.1) is 4.77 Å². The fourth-order valence-corrected chi connectivity index (χ4v) is 2.78. The predicted octanol–water partition coefficient (Wildman–Crippen LogP) is 3.14. The van der Waals surface area contributed by atoms with Gasteiger partial charge in [-0.15, -0.1) is 0 Å². The lowest BCUT2D eigenvalue weighted by Gasteiger charge is -2.02. The van der Waals surface area contributed by atoms with Gasteiger partial charge in [-0.25, -0.2) is 4.98 Å². The Balaban J connectivity index is 2.36. The van der Waals surface area contributed by atoms with E-state index in [0.29, 0.717) is 4.77 Å². The molecule has 0 saturated heterocycles. The molecule has 0 unspecified atom stereocenters. The first kappa shape index (κ1) is 12.6. The van der Waals surface area contributed by atoms with E-state index in [9.17, 15) is 0 Å². The van der Waals surface area contributed by atoms with Crippen LogP contribution in [0.4, 0.5) is 0 Å². The van der Waals surface area contributed by atoms with E-state index in [-0.39, 0.29) is 0 Å². The molecule has 0 aliphatic rings. The van der Waals surface area contributed by atoms with E-state index in [1.165, 1.54) is 0 Å². The van der Waals surface area contributed by atoms with Crippen molar-refractivity contribution in [3.63, 3.8) is 0 Å². The summed E-state index contributed by atoms with van der Waals surface area (Å²) in [5, 5.41) is 4.45. The van der Waals surface area contributed by atoms with Gasteiger partial charge in [0, 0.05) is 23.9 Å². The van der Waals surface area contributed by atoms with Crippen molar-refractivity contribution in [2.45, 2.75) is 13.3 Å². The summed E-state index contributed by atoms with van der Waals surface area (Å²) >= 11 is 8.82. The highest BCUT2D eigenvalue weighted by molar-refractivity contribution is 9.10. The maximum atomic E-state index is 5.41. The first-order valence-electron chi connectivity index (χ1n) is 5.89. The lowest BCUT2D eigenvalue weighted by Crippen LogP contribution is -1.98. The molecule has 3 aromatic heterocycles. The number of imidazole rings is 1. The zero-order valence-electron chi connectivity index (χ0n) is 10.5. The zero-order chi connectivity index (χ0) is 13.6. The number of aromatic amines is 1. The molecule has 0 aliphatic heterocycles. The second-order valence-electron chi connectivity index (χ2n) is 4.28. The van der Waals surface area contributed by atoms with Gasteiger partial charge >= 0.3 is 0 Å². The van der Waals surface area contributed by atoms with Gasteiger partial charge < -0.3 is 4.98 Å².